The zero-order chi connectivity index (χ0) is 31.2. The van der Waals surface area contributed by atoms with Gasteiger partial charge in [-0.2, -0.15) is 0 Å². The Morgan fingerprint density at radius 2 is 1.44 bits per heavy atom. The molecule has 0 aromatic heterocycles. The SMILES string of the molecule is COC(=O)C(=O)N(Cc1ccc(C(C)(C)C)cc1)c1ccc(OCc2ccccc2)c(-c2ccc(OC(F)(F)F)cc2)c1. The monoisotopic (exact) mass is 591 g/mol. The fraction of sp³-hybridized carbons (Fsp3) is 0.235. The molecule has 0 aliphatic rings. The zero-order valence-corrected chi connectivity index (χ0v) is 24.3. The summed E-state index contributed by atoms with van der Waals surface area (Å²) in [5, 5.41) is 0. The molecule has 0 unspecified atom stereocenters. The number of methoxy groups -OCH3 is 1. The van der Waals surface area contributed by atoms with Crippen LogP contribution in [0, 0.1) is 0 Å². The number of anilines is 1. The molecular formula is C34H32F3NO5. The van der Waals surface area contributed by atoms with Gasteiger partial charge in [0.25, 0.3) is 0 Å². The maximum absolute atomic E-state index is 13.2. The molecule has 0 saturated carbocycles. The van der Waals surface area contributed by atoms with Gasteiger partial charge in [-0.25, -0.2) is 4.79 Å². The maximum atomic E-state index is 13.2. The Kier molecular flexibility index (Phi) is 9.43. The van der Waals surface area contributed by atoms with E-state index >= 15 is 0 Å². The largest absolute Gasteiger partial charge is 0.573 e. The molecule has 0 saturated heterocycles. The van der Waals surface area contributed by atoms with Gasteiger partial charge in [-0.05, 0) is 58.0 Å². The number of carbonyl (C=O) groups excluding carboxylic acids is 2. The third kappa shape index (κ3) is 8.38. The number of rotatable bonds is 8. The minimum atomic E-state index is -4.83. The Morgan fingerprint density at radius 1 is 0.791 bits per heavy atom. The summed E-state index contributed by atoms with van der Waals surface area (Å²) in [5.41, 5.74) is 4.12. The van der Waals surface area contributed by atoms with E-state index in [-0.39, 0.29) is 24.3 Å². The Hall–Kier alpha value is -4.79. The summed E-state index contributed by atoms with van der Waals surface area (Å²) >= 11 is 0. The Bertz CT molecular complexity index is 1540. The van der Waals surface area contributed by atoms with Crippen LogP contribution in [-0.2, 0) is 32.9 Å². The van der Waals surface area contributed by atoms with Crippen LogP contribution in [-0.4, -0.2) is 25.3 Å². The molecule has 0 N–H and O–H groups in total. The molecule has 0 aliphatic heterocycles. The van der Waals surface area contributed by atoms with Gasteiger partial charge in [0, 0.05) is 11.3 Å². The van der Waals surface area contributed by atoms with Crippen LogP contribution >= 0.6 is 0 Å². The average Bonchev–Trinajstić information content (AvgIpc) is 2.98. The van der Waals surface area contributed by atoms with Crippen molar-refractivity contribution in [2.45, 2.75) is 45.7 Å². The van der Waals surface area contributed by atoms with Gasteiger partial charge in [-0.15, -0.1) is 13.2 Å². The quantitative estimate of drug-likeness (QED) is 0.154. The second-order valence-electron chi connectivity index (χ2n) is 10.9. The molecule has 9 heteroatoms. The molecule has 224 valence electrons. The minimum Gasteiger partial charge on any atom is -0.488 e. The lowest BCUT2D eigenvalue weighted by Gasteiger charge is -2.24. The van der Waals surface area contributed by atoms with Crippen molar-refractivity contribution in [3.05, 3.63) is 114 Å². The highest BCUT2D eigenvalue weighted by molar-refractivity contribution is 6.38. The van der Waals surface area contributed by atoms with Crippen molar-refractivity contribution in [1.29, 1.82) is 0 Å². The topological polar surface area (TPSA) is 65.1 Å². The first-order chi connectivity index (χ1) is 20.3. The Labute approximate surface area is 248 Å². The molecule has 0 heterocycles. The summed E-state index contributed by atoms with van der Waals surface area (Å²) < 4.78 is 53.1. The van der Waals surface area contributed by atoms with Crippen LogP contribution in [0.3, 0.4) is 0 Å². The van der Waals surface area contributed by atoms with E-state index in [1.807, 2.05) is 54.6 Å². The van der Waals surface area contributed by atoms with Crippen LogP contribution < -0.4 is 14.4 Å². The zero-order valence-electron chi connectivity index (χ0n) is 24.3. The van der Waals surface area contributed by atoms with Crippen LogP contribution in [0.2, 0.25) is 0 Å². The number of esters is 1. The average molecular weight is 592 g/mol. The van der Waals surface area contributed by atoms with Crippen LogP contribution in [0.4, 0.5) is 18.9 Å². The van der Waals surface area contributed by atoms with Gasteiger partial charge in [-0.3, -0.25) is 9.69 Å². The highest BCUT2D eigenvalue weighted by Gasteiger charge is 2.31. The fourth-order valence-electron chi connectivity index (χ4n) is 4.38. The number of amides is 1. The second kappa shape index (κ2) is 13.0. The lowest BCUT2D eigenvalue weighted by Crippen LogP contribution is -2.37. The number of benzene rings is 4. The van der Waals surface area contributed by atoms with E-state index in [0.29, 0.717) is 22.6 Å². The first-order valence-corrected chi connectivity index (χ1v) is 13.5. The van der Waals surface area contributed by atoms with E-state index in [2.05, 4.69) is 25.5 Å². The summed E-state index contributed by atoms with van der Waals surface area (Å²) in [6, 6.07) is 27.5. The smallest absolute Gasteiger partial charge is 0.488 e. The number of carbonyl (C=O) groups is 2. The van der Waals surface area contributed by atoms with E-state index in [1.54, 1.807) is 18.2 Å². The number of hydrogen-bond acceptors (Lipinski definition) is 5. The number of alkyl halides is 3. The van der Waals surface area contributed by atoms with Gasteiger partial charge in [0.15, 0.2) is 0 Å². The van der Waals surface area contributed by atoms with Gasteiger partial charge in [0.05, 0.1) is 13.7 Å². The molecular weight excluding hydrogens is 559 g/mol. The summed E-state index contributed by atoms with van der Waals surface area (Å²) in [7, 11) is 1.13. The van der Waals surface area contributed by atoms with Crippen LogP contribution in [0.15, 0.2) is 97.1 Å². The van der Waals surface area contributed by atoms with Gasteiger partial charge in [-0.1, -0.05) is 87.5 Å². The van der Waals surface area contributed by atoms with Crippen LogP contribution in [0.25, 0.3) is 11.1 Å². The van der Waals surface area contributed by atoms with Crippen molar-refractivity contribution in [1.82, 2.24) is 0 Å². The van der Waals surface area contributed by atoms with Crippen molar-refractivity contribution in [3.63, 3.8) is 0 Å². The van der Waals surface area contributed by atoms with E-state index in [4.69, 9.17) is 9.47 Å². The van der Waals surface area contributed by atoms with E-state index in [1.165, 1.54) is 29.2 Å². The van der Waals surface area contributed by atoms with Gasteiger partial charge >= 0.3 is 18.2 Å². The van der Waals surface area contributed by atoms with Gasteiger partial charge < -0.3 is 14.2 Å². The van der Waals surface area contributed by atoms with Crippen LogP contribution in [0.5, 0.6) is 11.5 Å². The van der Waals surface area contributed by atoms with E-state index in [9.17, 15) is 22.8 Å². The maximum Gasteiger partial charge on any atom is 0.573 e. The predicted molar refractivity (Wildman–Crippen MR) is 158 cm³/mol. The lowest BCUT2D eigenvalue weighted by molar-refractivity contribution is -0.274. The number of halogens is 3. The normalized spacial score (nSPS) is 11.5. The Morgan fingerprint density at radius 3 is 2.02 bits per heavy atom. The third-order valence-corrected chi connectivity index (χ3v) is 6.68. The minimum absolute atomic E-state index is 0.0643. The van der Waals surface area contributed by atoms with E-state index in [0.717, 1.165) is 23.8 Å². The summed E-state index contributed by atoms with van der Waals surface area (Å²) in [6.45, 7) is 6.59. The first kappa shape index (κ1) is 31.2. The molecule has 6 nitrogen and oxygen atoms in total. The summed E-state index contributed by atoms with van der Waals surface area (Å²) in [4.78, 5) is 26.9. The fourth-order valence-corrected chi connectivity index (χ4v) is 4.38. The summed E-state index contributed by atoms with van der Waals surface area (Å²) in [5.74, 6) is -1.86. The van der Waals surface area contributed by atoms with Crippen molar-refractivity contribution in [2.75, 3.05) is 12.0 Å². The standard InChI is InChI=1S/C34H32F3NO5/c1-33(2,3)26-14-10-23(11-15-26)21-38(31(39)32(40)41-4)27-16-19-30(42-22-24-8-6-5-7-9-24)29(20-27)25-12-17-28(18-13-25)43-34(35,36)37/h5-20H,21-22H2,1-4H3. The molecule has 1 amide bonds. The predicted octanol–water partition coefficient (Wildman–Crippen LogP) is 7.83. The molecule has 0 radical (unpaired) electrons. The van der Waals surface area contributed by atoms with E-state index < -0.39 is 18.2 Å². The molecule has 0 aliphatic carbocycles. The highest BCUT2D eigenvalue weighted by Crippen LogP contribution is 2.36. The van der Waals surface area contributed by atoms with Gasteiger partial charge in [0.1, 0.15) is 18.1 Å². The van der Waals surface area contributed by atoms with Crippen molar-refractivity contribution in [3.8, 4) is 22.6 Å². The lowest BCUT2D eigenvalue weighted by atomic mass is 9.87. The number of nitrogens with zero attached hydrogens (tertiary/aromatic N) is 1. The molecule has 0 spiro atoms. The van der Waals surface area contributed by atoms with Crippen molar-refractivity contribution in [2.24, 2.45) is 0 Å². The van der Waals surface area contributed by atoms with Crippen molar-refractivity contribution < 1.29 is 37.0 Å². The third-order valence-electron chi connectivity index (χ3n) is 6.68. The number of hydrogen-bond donors (Lipinski definition) is 0. The molecule has 0 bridgehead atoms. The molecule has 4 aromatic rings. The van der Waals surface area contributed by atoms with Crippen molar-refractivity contribution >= 4 is 17.6 Å². The molecule has 43 heavy (non-hydrogen) atoms. The second-order valence-corrected chi connectivity index (χ2v) is 10.9. The molecule has 4 rings (SSSR count). The summed E-state index contributed by atoms with van der Waals surface area (Å²) in [6.07, 6.45) is -4.83. The number of ether oxygens (including phenoxy) is 3. The van der Waals surface area contributed by atoms with Gasteiger partial charge in [0.2, 0.25) is 0 Å². The molecule has 4 aromatic carbocycles. The van der Waals surface area contributed by atoms with Crippen LogP contribution in [0.1, 0.15) is 37.5 Å². The first-order valence-electron chi connectivity index (χ1n) is 13.5. The molecule has 0 atom stereocenters. The molecule has 0 fully saturated rings. The Balaban J connectivity index is 1.74. The highest BCUT2D eigenvalue weighted by atomic mass is 19.4.